The molecule has 1 heterocycles. The maximum absolute atomic E-state index is 2.53. The van der Waals surface area contributed by atoms with E-state index in [1.54, 1.807) is 0 Å². The van der Waals surface area contributed by atoms with Crippen LogP contribution in [0.25, 0.3) is 0 Å². The van der Waals surface area contributed by atoms with Crippen molar-refractivity contribution in [2.24, 2.45) is 5.41 Å². The first-order chi connectivity index (χ1) is 5.58. The van der Waals surface area contributed by atoms with Gasteiger partial charge >= 0.3 is 0 Å². The molecule has 1 heteroatoms. The molecule has 1 aliphatic heterocycles. The molecule has 0 aromatic rings. The third-order valence-electron chi connectivity index (χ3n) is 2.13. The number of nitrogens with zero attached hydrogens (tertiary/aromatic N) is 1. The molecule has 1 rings (SSSR count). The van der Waals surface area contributed by atoms with Gasteiger partial charge in [0, 0.05) is 0 Å². The highest BCUT2D eigenvalue weighted by atomic mass is 15.2. The van der Waals surface area contributed by atoms with Crippen LogP contribution in [-0.4, -0.2) is 24.5 Å². The van der Waals surface area contributed by atoms with Crippen LogP contribution in [0.1, 0.15) is 47.5 Å². The Balaban J connectivity index is 0.000000561. The molecule has 0 bridgehead atoms. The molecule has 1 nitrogen and oxygen atoms in total. The zero-order valence-electron chi connectivity index (χ0n) is 9.48. The van der Waals surface area contributed by atoms with Crippen LogP contribution in [0, 0.1) is 5.41 Å². The van der Waals surface area contributed by atoms with Gasteiger partial charge in [0.1, 0.15) is 0 Å². The predicted molar refractivity (Wildman–Crippen MR) is 56.5 cm³/mol. The lowest BCUT2D eigenvalue weighted by Crippen LogP contribution is -2.38. The van der Waals surface area contributed by atoms with Crippen LogP contribution < -0.4 is 0 Å². The maximum Gasteiger partial charge on any atom is -0.000653 e. The zero-order chi connectivity index (χ0) is 9.61. The number of hydrogen-bond donors (Lipinski definition) is 0. The molecule has 0 aromatic heterocycles. The van der Waals surface area contributed by atoms with E-state index in [1.165, 1.54) is 32.5 Å². The Hall–Kier alpha value is -0.0400. The van der Waals surface area contributed by atoms with Crippen LogP contribution >= 0.6 is 0 Å². The fourth-order valence-electron chi connectivity index (χ4n) is 1.10. The highest BCUT2D eigenvalue weighted by Gasteiger charge is 2.16. The summed E-state index contributed by atoms with van der Waals surface area (Å²) in [5, 5.41) is 0. The van der Waals surface area contributed by atoms with Gasteiger partial charge in [0.25, 0.3) is 0 Å². The van der Waals surface area contributed by atoms with Crippen molar-refractivity contribution in [2.75, 3.05) is 19.6 Å². The number of hydrogen-bond acceptors (Lipinski definition) is 1. The summed E-state index contributed by atoms with van der Waals surface area (Å²) in [6.45, 7) is 14.9. The lowest BCUT2D eigenvalue weighted by molar-refractivity contribution is 0.156. The molecule has 0 radical (unpaired) electrons. The minimum absolute atomic E-state index is 0.523. The van der Waals surface area contributed by atoms with Crippen molar-refractivity contribution in [3.05, 3.63) is 0 Å². The molecule has 1 fully saturated rings. The Labute approximate surface area is 78.1 Å². The van der Waals surface area contributed by atoms with E-state index in [0.717, 1.165) is 0 Å². The summed E-state index contributed by atoms with van der Waals surface area (Å²) >= 11 is 0. The van der Waals surface area contributed by atoms with Gasteiger partial charge in [0.05, 0.1) is 0 Å². The molecular weight excluding hydrogens is 146 g/mol. The molecule has 0 unspecified atom stereocenters. The molecule has 0 saturated carbocycles. The van der Waals surface area contributed by atoms with Gasteiger partial charge in [0.15, 0.2) is 0 Å². The lowest BCUT2D eigenvalue weighted by atomic mass is 9.91. The highest BCUT2D eigenvalue weighted by molar-refractivity contribution is 4.71. The minimum Gasteiger partial charge on any atom is -0.303 e. The van der Waals surface area contributed by atoms with Crippen molar-refractivity contribution >= 4 is 0 Å². The van der Waals surface area contributed by atoms with E-state index in [4.69, 9.17) is 0 Å². The topological polar surface area (TPSA) is 3.24 Å². The first kappa shape index (κ1) is 12.0. The molecule has 0 amide bonds. The summed E-state index contributed by atoms with van der Waals surface area (Å²) in [6.07, 6.45) is 2.76. The molecular formula is C11H25N. The average Bonchev–Trinajstić information content (AvgIpc) is 1.86. The molecule has 0 atom stereocenters. The molecule has 1 saturated heterocycles. The monoisotopic (exact) mass is 171 g/mol. The summed E-state index contributed by atoms with van der Waals surface area (Å²) in [5.74, 6) is 0. The SMILES string of the molecule is CC.CC(C)(C)CCN1CCC1. The van der Waals surface area contributed by atoms with Gasteiger partial charge in [-0.1, -0.05) is 34.6 Å². The fourth-order valence-corrected chi connectivity index (χ4v) is 1.10. The van der Waals surface area contributed by atoms with Crippen LogP contribution in [0.15, 0.2) is 0 Å². The minimum atomic E-state index is 0.523. The molecule has 1 aliphatic rings. The Bertz CT molecular complexity index is 98.1. The van der Waals surface area contributed by atoms with Crippen molar-refractivity contribution in [3.63, 3.8) is 0 Å². The molecule has 74 valence electrons. The summed E-state index contributed by atoms with van der Waals surface area (Å²) in [6, 6.07) is 0. The van der Waals surface area contributed by atoms with Gasteiger partial charge in [-0.25, -0.2) is 0 Å². The van der Waals surface area contributed by atoms with Crippen LogP contribution in [0.5, 0.6) is 0 Å². The van der Waals surface area contributed by atoms with Crippen molar-refractivity contribution in [1.82, 2.24) is 4.90 Å². The lowest BCUT2D eigenvalue weighted by Gasteiger charge is -2.33. The Morgan fingerprint density at radius 3 is 1.83 bits per heavy atom. The highest BCUT2D eigenvalue weighted by Crippen LogP contribution is 2.20. The molecule has 12 heavy (non-hydrogen) atoms. The van der Waals surface area contributed by atoms with E-state index in [9.17, 15) is 0 Å². The van der Waals surface area contributed by atoms with Gasteiger partial charge < -0.3 is 4.90 Å². The summed E-state index contributed by atoms with van der Waals surface area (Å²) in [7, 11) is 0. The Morgan fingerprint density at radius 1 is 1.08 bits per heavy atom. The molecule has 0 spiro atoms. The molecule has 0 N–H and O–H groups in total. The van der Waals surface area contributed by atoms with E-state index < -0.39 is 0 Å². The second-order valence-electron chi connectivity index (χ2n) is 4.51. The maximum atomic E-state index is 2.53. The molecule has 0 aliphatic carbocycles. The van der Waals surface area contributed by atoms with Gasteiger partial charge in [-0.15, -0.1) is 0 Å². The van der Waals surface area contributed by atoms with Gasteiger partial charge in [0.2, 0.25) is 0 Å². The second-order valence-corrected chi connectivity index (χ2v) is 4.51. The summed E-state index contributed by atoms with van der Waals surface area (Å²) < 4.78 is 0. The second kappa shape index (κ2) is 5.58. The third kappa shape index (κ3) is 5.59. The van der Waals surface area contributed by atoms with Crippen molar-refractivity contribution in [1.29, 1.82) is 0 Å². The quantitative estimate of drug-likeness (QED) is 0.617. The van der Waals surface area contributed by atoms with Crippen molar-refractivity contribution in [2.45, 2.75) is 47.5 Å². The van der Waals surface area contributed by atoms with Crippen LogP contribution in [0.3, 0.4) is 0 Å². The molecule has 0 aromatic carbocycles. The van der Waals surface area contributed by atoms with E-state index in [0.29, 0.717) is 5.41 Å². The van der Waals surface area contributed by atoms with Crippen molar-refractivity contribution < 1.29 is 0 Å². The van der Waals surface area contributed by atoms with Gasteiger partial charge in [-0.3, -0.25) is 0 Å². The normalized spacial score (nSPS) is 17.8. The summed E-state index contributed by atoms with van der Waals surface area (Å²) in [4.78, 5) is 2.53. The average molecular weight is 171 g/mol. The van der Waals surface area contributed by atoms with E-state index >= 15 is 0 Å². The fraction of sp³-hybridized carbons (Fsp3) is 1.00. The third-order valence-corrected chi connectivity index (χ3v) is 2.13. The van der Waals surface area contributed by atoms with Gasteiger partial charge in [-0.2, -0.15) is 0 Å². The largest absolute Gasteiger partial charge is 0.303 e. The smallest absolute Gasteiger partial charge is 0.000653 e. The van der Waals surface area contributed by atoms with Crippen LogP contribution in [0.2, 0.25) is 0 Å². The number of rotatable bonds is 2. The first-order valence-corrected chi connectivity index (χ1v) is 5.30. The van der Waals surface area contributed by atoms with Crippen molar-refractivity contribution in [3.8, 4) is 0 Å². The Morgan fingerprint density at radius 2 is 1.58 bits per heavy atom. The zero-order valence-corrected chi connectivity index (χ0v) is 9.48. The van der Waals surface area contributed by atoms with Crippen LogP contribution in [-0.2, 0) is 0 Å². The first-order valence-electron chi connectivity index (χ1n) is 5.30. The predicted octanol–water partition coefficient (Wildman–Crippen LogP) is 3.15. The van der Waals surface area contributed by atoms with Crippen LogP contribution in [0.4, 0.5) is 0 Å². The van der Waals surface area contributed by atoms with Gasteiger partial charge in [-0.05, 0) is 37.9 Å². The number of likely N-dealkylation sites (tertiary alicyclic amines) is 1. The summed E-state index contributed by atoms with van der Waals surface area (Å²) in [5.41, 5.74) is 0.523. The van der Waals surface area contributed by atoms with E-state index in [1.807, 2.05) is 13.8 Å². The Kier molecular flexibility index (Phi) is 5.56. The standard InChI is InChI=1S/C9H19N.C2H6/c1-9(2,3)5-8-10-6-4-7-10;1-2/h4-8H2,1-3H3;1-2H3. The van der Waals surface area contributed by atoms with E-state index in [-0.39, 0.29) is 0 Å². The van der Waals surface area contributed by atoms with E-state index in [2.05, 4.69) is 25.7 Å².